The molecular weight excluding hydrogens is 419 g/mol. The molecule has 0 heterocycles. The first-order valence-corrected chi connectivity index (χ1v) is 11.6. The Bertz CT molecular complexity index is 1070. The highest BCUT2D eigenvalue weighted by atomic mass is 31.0. The molecule has 4 nitrogen and oxygen atoms in total. The molecule has 3 rings (SSSR count). The number of carbonyl (C=O) groups is 2. The van der Waals surface area contributed by atoms with Gasteiger partial charge in [-0.2, -0.15) is 0 Å². The van der Waals surface area contributed by atoms with Crippen molar-refractivity contribution in [1.82, 2.24) is 0 Å². The molecule has 166 valence electrons. The third-order valence-electron chi connectivity index (χ3n) is 5.47. The number of hydrogen-bond acceptors (Lipinski definition) is 4. The number of aryl methyl sites for hydroxylation is 1. The number of esters is 2. The van der Waals surface area contributed by atoms with E-state index in [1.165, 1.54) is 5.56 Å². The molecule has 0 aliphatic heterocycles. The van der Waals surface area contributed by atoms with Crippen molar-refractivity contribution < 1.29 is 19.1 Å². The SMILES string of the molecule is CCC(C)Cc1ccc(OC(=O)c2ccc(C(=O)Oc3ccc(CP)cc3)c(C)c2)cc1. The van der Waals surface area contributed by atoms with Gasteiger partial charge in [0, 0.05) is 0 Å². The van der Waals surface area contributed by atoms with Crippen molar-refractivity contribution in [1.29, 1.82) is 0 Å². The van der Waals surface area contributed by atoms with Crippen molar-refractivity contribution >= 4 is 21.2 Å². The number of ether oxygens (including phenoxy) is 2. The molecular formula is C27H29O4P. The maximum absolute atomic E-state index is 12.6. The van der Waals surface area contributed by atoms with Gasteiger partial charge in [-0.05, 0) is 84.6 Å². The molecule has 0 amide bonds. The molecule has 0 aromatic heterocycles. The van der Waals surface area contributed by atoms with Crippen molar-refractivity contribution in [3.8, 4) is 11.5 Å². The van der Waals surface area contributed by atoms with E-state index < -0.39 is 11.9 Å². The fourth-order valence-corrected chi connectivity index (χ4v) is 3.55. The predicted octanol–water partition coefficient (Wildman–Crippen LogP) is 6.40. The average molecular weight is 448 g/mol. The Morgan fingerprint density at radius 2 is 1.41 bits per heavy atom. The molecule has 0 spiro atoms. The molecule has 0 fully saturated rings. The lowest BCUT2D eigenvalue weighted by Crippen LogP contribution is -2.13. The van der Waals surface area contributed by atoms with Crippen LogP contribution in [0.4, 0.5) is 0 Å². The van der Waals surface area contributed by atoms with Gasteiger partial charge in [0.2, 0.25) is 0 Å². The lowest BCUT2D eigenvalue weighted by Gasteiger charge is -2.10. The van der Waals surface area contributed by atoms with E-state index in [2.05, 4.69) is 23.1 Å². The highest BCUT2D eigenvalue weighted by Crippen LogP contribution is 2.20. The average Bonchev–Trinajstić information content (AvgIpc) is 2.80. The molecule has 2 atom stereocenters. The molecule has 0 bridgehead atoms. The van der Waals surface area contributed by atoms with Crippen molar-refractivity contribution in [2.45, 2.75) is 39.8 Å². The van der Waals surface area contributed by atoms with Crippen LogP contribution in [-0.2, 0) is 12.6 Å². The van der Waals surface area contributed by atoms with Crippen LogP contribution in [0.25, 0.3) is 0 Å². The van der Waals surface area contributed by atoms with Crippen LogP contribution in [0.1, 0.15) is 57.7 Å². The van der Waals surface area contributed by atoms with E-state index in [1.807, 2.05) is 36.4 Å². The predicted molar refractivity (Wildman–Crippen MR) is 131 cm³/mol. The maximum Gasteiger partial charge on any atom is 0.343 e. The Kier molecular flexibility index (Phi) is 8.19. The molecule has 3 aromatic carbocycles. The van der Waals surface area contributed by atoms with Gasteiger partial charge in [0.15, 0.2) is 0 Å². The van der Waals surface area contributed by atoms with Crippen LogP contribution in [0.3, 0.4) is 0 Å². The lowest BCUT2D eigenvalue weighted by atomic mass is 9.99. The van der Waals surface area contributed by atoms with Crippen molar-refractivity contribution in [3.63, 3.8) is 0 Å². The normalized spacial score (nSPS) is 11.6. The van der Waals surface area contributed by atoms with Gasteiger partial charge in [-0.1, -0.05) is 44.5 Å². The van der Waals surface area contributed by atoms with Gasteiger partial charge < -0.3 is 9.47 Å². The van der Waals surface area contributed by atoms with Gasteiger partial charge in [0.1, 0.15) is 11.5 Å². The first kappa shape index (κ1) is 23.7. The summed E-state index contributed by atoms with van der Waals surface area (Å²) in [6.45, 7) is 6.17. The summed E-state index contributed by atoms with van der Waals surface area (Å²) in [5.41, 5.74) is 3.80. The van der Waals surface area contributed by atoms with Crippen LogP contribution in [0.2, 0.25) is 0 Å². The molecule has 32 heavy (non-hydrogen) atoms. The second kappa shape index (κ2) is 11.1. The Hall–Kier alpha value is -2.97. The molecule has 3 aromatic rings. The quantitative estimate of drug-likeness (QED) is 0.227. The topological polar surface area (TPSA) is 52.6 Å². The summed E-state index contributed by atoms with van der Waals surface area (Å²) >= 11 is 0. The fraction of sp³-hybridized carbons (Fsp3) is 0.259. The van der Waals surface area contributed by atoms with Gasteiger partial charge in [-0.3, -0.25) is 0 Å². The molecule has 0 aliphatic carbocycles. The molecule has 0 saturated heterocycles. The van der Waals surface area contributed by atoms with Crippen molar-refractivity contribution in [2.24, 2.45) is 5.92 Å². The van der Waals surface area contributed by atoms with E-state index in [4.69, 9.17) is 9.47 Å². The summed E-state index contributed by atoms with van der Waals surface area (Å²) < 4.78 is 11.0. The van der Waals surface area contributed by atoms with Crippen LogP contribution < -0.4 is 9.47 Å². The number of carbonyl (C=O) groups excluding carboxylic acids is 2. The third-order valence-corrected chi connectivity index (χ3v) is 5.94. The number of hydrogen-bond donors (Lipinski definition) is 0. The van der Waals surface area contributed by atoms with Crippen molar-refractivity contribution in [3.05, 3.63) is 94.5 Å². The summed E-state index contributed by atoms with van der Waals surface area (Å²) in [5.74, 6) is 0.676. The minimum atomic E-state index is -0.462. The minimum absolute atomic E-state index is 0.382. The molecule has 0 N–H and O–H groups in total. The minimum Gasteiger partial charge on any atom is -0.423 e. The van der Waals surface area contributed by atoms with Gasteiger partial charge in [0.05, 0.1) is 11.1 Å². The lowest BCUT2D eigenvalue weighted by molar-refractivity contribution is 0.0719. The van der Waals surface area contributed by atoms with E-state index in [0.29, 0.717) is 34.1 Å². The monoisotopic (exact) mass is 448 g/mol. The van der Waals surface area contributed by atoms with E-state index >= 15 is 0 Å². The third kappa shape index (κ3) is 6.27. The molecule has 0 saturated carbocycles. The van der Waals surface area contributed by atoms with E-state index in [1.54, 1.807) is 37.3 Å². The Balaban J connectivity index is 1.64. The van der Waals surface area contributed by atoms with E-state index in [-0.39, 0.29) is 0 Å². The fourth-order valence-electron chi connectivity index (χ4n) is 3.28. The molecule has 0 radical (unpaired) electrons. The summed E-state index contributed by atoms with van der Waals surface area (Å²) in [7, 11) is 2.65. The van der Waals surface area contributed by atoms with Gasteiger partial charge in [-0.25, -0.2) is 9.59 Å². The Morgan fingerprint density at radius 3 is 1.94 bits per heavy atom. The summed E-state index contributed by atoms with van der Waals surface area (Å²) in [4.78, 5) is 25.1. The molecule has 2 unspecified atom stereocenters. The maximum atomic E-state index is 12.6. The Morgan fingerprint density at radius 1 is 0.844 bits per heavy atom. The van der Waals surface area contributed by atoms with Gasteiger partial charge in [0.25, 0.3) is 0 Å². The van der Waals surface area contributed by atoms with E-state index in [9.17, 15) is 9.59 Å². The highest BCUT2D eigenvalue weighted by Gasteiger charge is 2.16. The summed E-state index contributed by atoms with van der Waals surface area (Å²) in [5, 5.41) is 0. The zero-order valence-electron chi connectivity index (χ0n) is 18.8. The van der Waals surface area contributed by atoms with Crippen molar-refractivity contribution in [2.75, 3.05) is 0 Å². The standard InChI is InChI=1S/C27H29O4P/c1-4-18(2)15-20-5-10-23(11-6-20)30-26(28)22-9-14-25(19(3)16-22)27(29)31-24-12-7-21(17-32)8-13-24/h5-14,16,18H,4,15,17,32H2,1-3H3. The molecule has 5 heteroatoms. The number of rotatable bonds is 8. The first-order valence-electron chi connectivity index (χ1n) is 10.8. The zero-order chi connectivity index (χ0) is 23.1. The zero-order valence-corrected chi connectivity index (χ0v) is 19.9. The second-order valence-electron chi connectivity index (χ2n) is 8.02. The first-order chi connectivity index (χ1) is 15.4. The number of benzene rings is 3. The smallest absolute Gasteiger partial charge is 0.343 e. The van der Waals surface area contributed by atoms with Gasteiger partial charge in [-0.15, -0.1) is 9.24 Å². The van der Waals surface area contributed by atoms with E-state index in [0.717, 1.165) is 24.6 Å². The van der Waals surface area contributed by atoms with Crippen LogP contribution >= 0.6 is 9.24 Å². The largest absolute Gasteiger partial charge is 0.423 e. The Labute approximate surface area is 192 Å². The summed E-state index contributed by atoms with van der Waals surface area (Å²) in [6, 6.07) is 19.8. The van der Waals surface area contributed by atoms with Crippen LogP contribution in [0.5, 0.6) is 11.5 Å². The highest BCUT2D eigenvalue weighted by molar-refractivity contribution is 7.15. The second-order valence-corrected chi connectivity index (χ2v) is 8.43. The van der Waals surface area contributed by atoms with Crippen LogP contribution in [-0.4, -0.2) is 11.9 Å². The van der Waals surface area contributed by atoms with Gasteiger partial charge >= 0.3 is 11.9 Å². The van der Waals surface area contributed by atoms with Crippen LogP contribution in [0.15, 0.2) is 66.7 Å². The van der Waals surface area contributed by atoms with Crippen LogP contribution in [0, 0.1) is 12.8 Å². The molecule has 0 aliphatic rings. The summed E-state index contributed by atoms with van der Waals surface area (Å²) in [6.07, 6.45) is 2.97.